The normalized spacial score (nSPS) is 13.5. The van der Waals surface area contributed by atoms with Gasteiger partial charge in [-0.05, 0) is 31.7 Å². The summed E-state index contributed by atoms with van der Waals surface area (Å²) in [5.74, 6) is -0.626. The Hall–Kier alpha value is -0.400. The summed E-state index contributed by atoms with van der Waals surface area (Å²) in [4.78, 5) is 0. The SMILES string of the molecule is CNS(=O)(=O)CCNC(C)c1cc(F)c(Cl)cc1Cl. The molecule has 2 N–H and O–H groups in total. The minimum absolute atomic E-state index is 0.0429. The van der Waals surface area contributed by atoms with E-state index < -0.39 is 15.8 Å². The highest BCUT2D eigenvalue weighted by molar-refractivity contribution is 7.89. The topological polar surface area (TPSA) is 58.2 Å². The molecule has 0 radical (unpaired) electrons. The first-order valence-corrected chi connectivity index (χ1v) is 7.96. The number of nitrogens with one attached hydrogen (secondary N) is 2. The molecule has 19 heavy (non-hydrogen) atoms. The average Bonchev–Trinajstić information content (AvgIpc) is 2.33. The lowest BCUT2D eigenvalue weighted by atomic mass is 10.1. The van der Waals surface area contributed by atoms with Crippen molar-refractivity contribution in [3.05, 3.63) is 33.6 Å². The van der Waals surface area contributed by atoms with E-state index in [1.807, 2.05) is 0 Å². The molecular formula is C11H15Cl2FN2O2S. The lowest BCUT2D eigenvalue weighted by molar-refractivity contribution is 0.563. The van der Waals surface area contributed by atoms with Crippen LogP contribution in [0.4, 0.5) is 4.39 Å². The Bertz CT molecular complexity index is 552. The zero-order chi connectivity index (χ0) is 14.6. The number of hydrogen-bond donors (Lipinski definition) is 2. The summed E-state index contributed by atoms with van der Waals surface area (Å²) in [6, 6.07) is 2.29. The fourth-order valence-electron chi connectivity index (χ4n) is 1.49. The van der Waals surface area contributed by atoms with Crippen LogP contribution in [0.3, 0.4) is 0 Å². The second-order valence-corrected chi connectivity index (χ2v) is 6.85. The molecule has 4 nitrogen and oxygen atoms in total. The predicted octanol–water partition coefficient (Wildman–Crippen LogP) is 2.33. The van der Waals surface area contributed by atoms with Crippen LogP contribution in [0, 0.1) is 5.82 Å². The van der Waals surface area contributed by atoms with Crippen molar-refractivity contribution in [2.45, 2.75) is 13.0 Å². The minimum atomic E-state index is -3.26. The van der Waals surface area contributed by atoms with Crippen LogP contribution in [0.2, 0.25) is 10.0 Å². The summed E-state index contributed by atoms with van der Waals surface area (Å²) in [6.07, 6.45) is 0. The molecule has 0 heterocycles. The van der Waals surface area contributed by atoms with Crippen molar-refractivity contribution in [3.8, 4) is 0 Å². The van der Waals surface area contributed by atoms with Crippen LogP contribution in [0.5, 0.6) is 0 Å². The minimum Gasteiger partial charge on any atom is -0.309 e. The average molecular weight is 329 g/mol. The number of hydrogen-bond acceptors (Lipinski definition) is 3. The van der Waals surface area contributed by atoms with Gasteiger partial charge in [0.1, 0.15) is 5.82 Å². The number of rotatable bonds is 6. The highest BCUT2D eigenvalue weighted by Gasteiger charge is 2.14. The van der Waals surface area contributed by atoms with E-state index in [1.165, 1.54) is 19.2 Å². The molecule has 0 aliphatic heterocycles. The highest BCUT2D eigenvalue weighted by Crippen LogP contribution is 2.28. The van der Waals surface area contributed by atoms with E-state index in [0.29, 0.717) is 10.6 Å². The molecule has 1 aromatic rings. The van der Waals surface area contributed by atoms with Crippen molar-refractivity contribution in [1.82, 2.24) is 10.0 Å². The van der Waals surface area contributed by atoms with Gasteiger partial charge in [0, 0.05) is 17.6 Å². The standard InChI is InChI=1S/C11H15Cl2FN2O2S/c1-7(16-3-4-19(17,18)15-2)8-5-11(14)10(13)6-9(8)12/h5-7,15-16H,3-4H2,1-2H3. The molecule has 8 heteroatoms. The smallest absolute Gasteiger partial charge is 0.212 e. The fourth-order valence-corrected chi connectivity index (χ4v) is 2.63. The largest absolute Gasteiger partial charge is 0.309 e. The van der Waals surface area contributed by atoms with E-state index in [4.69, 9.17) is 23.2 Å². The molecule has 0 saturated heterocycles. The summed E-state index contributed by atoms with van der Waals surface area (Å²) >= 11 is 11.6. The second-order valence-electron chi connectivity index (χ2n) is 3.99. The first-order chi connectivity index (χ1) is 8.76. The lowest BCUT2D eigenvalue weighted by Gasteiger charge is -2.16. The Morgan fingerprint density at radius 3 is 2.53 bits per heavy atom. The summed E-state index contributed by atoms with van der Waals surface area (Å²) < 4.78 is 38.0. The van der Waals surface area contributed by atoms with Gasteiger partial charge in [-0.1, -0.05) is 23.2 Å². The first-order valence-electron chi connectivity index (χ1n) is 5.56. The van der Waals surface area contributed by atoms with Gasteiger partial charge >= 0.3 is 0 Å². The maximum absolute atomic E-state index is 13.4. The Balaban J connectivity index is 2.69. The summed E-state index contributed by atoms with van der Waals surface area (Å²) in [5, 5.41) is 3.26. The number of halogens is 3. The molecule has 108 valence electrons. The molecule has 1 rings (SSSR count). The van der Waals surface area contributed by atoms with Crippen LogP contribution in [0.25, 0.3) is 0 Å². The number of benzene rings is 1. The third kappa shape index (κ3) is 4.89. The van der Waals surface area contributed by atoms with E-state index in [0.717, 1.165) is 0 Å². The van der Waals surface area contributed by atoms with Crippen LogP contribution in [-0.4, -0.2) is 27.8 Å². The Morgan fingerprint density at radius 1 is 1.32 bits per heavy atom. The van der Waals surface area contributed by atoms with Crippen LogP contribution >= 0.6 is 23.2 Å². The summed E-state index contributed by atoms with van der Waals surface area (Å²) in [5.41, 5.74) is 0.533. The molecule has 1 unspecified atom stereocenters. The van der Waals surface area contributed by atoms with Gasteiger partial charge in [0.25, 0.3) is 0 Å². The van der Waals surface area contributed by atoms with Crippen LogP contribution in [-0.2, 0) is 10.0 Å². The zero-order valence-corrected chi connectivity index (χ0v) is 12.8. The zero-order valence-electron chi connectivity index (χ0n) is 10.5. The molecule has 0 aliphatic rings. The summed E-state index contributed by atoms with van der Waals surface area (Å²) in [7, 11) is -1.91. The van der Waals surface area contributed by atoms with Crippen molar-refractivity contribution in [1.29, 1.82) is 0 Å². The lowest BCUT2D eigenvalue weighted by Crippen LogP contribution is -2.31. The molecule has 0 aromatic heterocycles. The molecule has 0 aliphatic carbocycles. The van der Waals surface area contributed by atoms with Gasteiger partial charge in [-0.25, -0.2) is 17.5 Å². The Morgan fingerprint density at radius 2 is 1.95 bits per heavy atom. The van der Waals surface area contributed by atoms with Gasteiger partial charge in [0.2, 0.25) is 10.0 Å². The van der Waals surface area contributed by atoms with E-state index >= 15 is 0 Å². The van der Waals surface area contributed by atoms with Gasteiger partial charge in [0.15, 0.2) is 0 Å². The quantitative estimate of drug-likeness (QED) is 0.788. The third-order valence-corrected chi connectivity index (χ3v) is 4.62. The van der Waals surface area contributed by atoms with Crippen molar-refractivity contribution >= 4 is 33.2 Å². The van der Waals surface area contributed by atoms with Gasteiger partial charge in [0.05, 0.1) is 10.8 Å². The first kappa shape index (κ1) is 16.7. The molecule has 0 saturated carbocycles. The van der Waals surface area contributed by atoms with E-state index in [9.17, 15) is 12.8 Å². The van der Waals surface area contributed by atoms with Gasteiger partial charge in [-0.15, -0.1) is 0 Å². The molecule has 1 aromatic carbocycles. The van der Waals surface area contributed by atoms with E-state index in [-0.39, 0.29) is 23.4 Å². The van der Waals surface area contributed by atoms with Crippen LogP contribution in [0.1, 0.15) is 18.5 Å². The fraction of sp³-hybridized carbons (Fsp3) is 0.455. The molecule has 0 amide bonds. The van der Waals surface area contributed by atoms with Gasteiger partial charge in [-0.3, -0.25) is 0 Å². The maximum Gasteiger partial charge on any atom is 0.212 e. The number of sulfonamides is 1. The van der Waals surface area contributed by atoms with E-state index in [2.05, 4.69) is 10.0 Å². The highest BCUT2D eigenvalue weighted by atomic mass is 35.5. The third-order valence-electron chi connectivity index (χ3n) is 2.64. The molecule has 0 spiro atoms. The monoisotopic (exact) mass is 328 g/mol. The van der Waals surface area contributed by atoms with Crippen molar-refractivity contribution in [2.75, 3.05) is 19.3 Å². The Kier molecular flexibility index (Phi) is 6.01. The predicted molar refractivity (Wildman–Crippen MR) is 75.7 cm³/mol. The molecular weight excluding hydrogens is 314 g/mol. The molecule has 1 atom stereocenters. The van der Waals surface area contributed by atoms with Crippen LogP contribution < -0.4 is 10.0 Å². The van der Waals surface area contributed by atoms with Crippen molar-refractivity contribution in [2.24, 2.45) is 0 Å². The Labute approximate surface area is 122 Å². The van der Waals surface area contributed by atoms with E-state index in [1.54, 1.807) is 6.92 Å². The van der Waals surface area contributed by atoms with Crippen molar-refractivity contribution in [3.63, 3.8) is 0 Å². The molecule has 0 fully saturated rings. The molecule has 0 bridgehead atoms. The van der Waals surface area contributed by atoms with Gasteiger partial charge in [-0.2, -0.15) is 0 Å². The van der Waals surface area contributed by atoms with Crippen molar-refractivity contribution < 1.29 is 12.8 Å². The van der Waals surface area contributed by atoms with Gasteiger partial charge < -0.3 is 5.32 Å². The van der Waals surface area contributed by atoms with Crippen LogP contribution in [0.15, 0.2) is 12.1 Å². The summed E-state index contributed by atoms with van der Waals surface area (Å²) in [6.45, 7) is 1.99. The second kappa shape index (κ2) is 6.85. The maximum atomic E-state index is 13.4.